The Morgan fingerprint density at radius 2 is 2.26 bits per heavy atom. The molecule has 0 spiro atoms. The van der Waals surface area contributed by atoms with Crippen LogP contribution >= 0.6 is 0 Å². The Morgan fingerprint density at radius 3 is 2.89 bits per heavy atom. The van der Waals surface area contributed by atoms with Crippen LogP contribution in [0.3, 0.4) is 0 Å². The molecule has 1 aliphatic heterocycles. The van der Waals surface area contributed by atoms with E-state index >= 15 is 0 Å². The van der Waals surface area contributed by atoms with Crippen LogP contribution in [0.4, 0.5) is 4.39 Å². The predicted octanol–water partition coefficient (Wildman–Crippen LogP) is -0.305. The van der Waals surface area contributed by atoms with Crippen molar-refractivity contribution in [2.45, 2.75) is 11.0 Å². The summed E-state index contributed by atoms with van der Waals surface area (Å²) < 4.78 is 43.2. The first kappa shape index (κ1) is 13.8. The smallest absolute Gasteiger partial charge is 0.334 e. The van der Waals surface area contributed by atoms with Crippen molar-refractivity contribution in [3.8, 4) is 0 Å². The Bertz CT molecular complexity index is 591. The number of morpholine rings is 1. The summed E-state index contributed by atoms with van der Waals surface area (Å²) in [5.41, 5.74) is 0. The first-order chi connectivity index (χ1) is 8.91. The van der Waals surface area contributed by atoms with Gasteiger partial charge in [-0.2, -0.15) is 4.31 Å². The average Bonchev–Trinajstić information content (AvgIpc) is 2.39. The number of halogens is 1. The number of hydrogen-bond acceptors (Lipinski definition) is 5. The van der Waals surface area contributed by atoms with Crippen molar-refractivity contribution in [1.82, 2.24) is 9.29 Å². The summed E-state index contributed by atoms with van der Waals surface area (Å²) in [6.07, 6.45) is 0.687. The lowest BCUT2D eigenvalue weighted by Gasteiger charge is -2.29. The Kier molecular flexibility index (Phi) is 3.78. The fraction of sp³-hybridized carbons (Fsp3) is 0.400. The van der Waals surface area contributed by atoms with Crippen molar-refractivity contribution in [2.24, 2.45) is 0 Å². The van der Waals surface area contributed by atoms with Gasteiger partial charge in [0.2, 0.25) is 10.0 Å². The van der Waals surface area contributed by atoms with Gasteiger partial charge in [0.05, 0.1) is 19.3 Å². The minimum Gasteiger partial charge on any atom is -0.479 e. The van der Waals surface area contributed by atoms with Crippen LogP contribution in [0.5, 0.6) is 0 Å². The van der Waals surface area contributed by atoms with Crippen molar-refractivity contribution in [3.05, 3.63) is 24.3 Å². The molecular formula is C10H11FN2O5S. The van der Waals surface area contributed by atoms with Gasteiger partial charge in [-0.05, 0) is 6.07 Å². The number of carboxylic acid groups (broad SMARTS) is 1. The lowest BCUT2D eigenvalue weighted by atomic mass is 10.3. The van der Waals surface area contributed by atoms with E-state index in [0.717, 1.165) is 22.8 Å². The van der Waals surface area contributed by atoms with Gasteiger partial charge in [0, 0.05) is 12.7 Å². The normalized spacial score (nSPS) is 21.2. The van der Waals surface area contributed by atoms with E-state index in [0.29, 0.717) is 0 Å². The molecule has 19 heavy (non-hydrogen) atoms. The molecule has 0 amide bonds. The number of carboxylic acids is 1. The Hall–Kier alpha value is -1.58. The maximum Gasteiger partial charge on any atom is 0.334 e. The zero-order valence-electron chi connectivity index (χ0n) is 9.69. The van der Waals surface area contributed by atoms with Crippen molar-refractivity contribution in [1.29, 1.82) is 0 Å². The van der Waals surface area contributed by atoms with E-state index in [1.807, 2.05) is 0 Å². The summed E-state index contributed by atoms with van der Waals surface area (Å²) in [4.78, 5) is 14.0. The highest BCUT2D eigenvalue weighted by atomic mass is 32.2. The van der Waals surface area contributed by atoms with Crippen molar-refractivity contribution in [2.75, 3.05) is 19.7 Å². The summed E-state index contributed by atoms with van der Waals surface area (Å²) >= 11 is 0. The van der Waals surface area contributed by atoms with Crippen LogP contribution in [0, 0.1) is 5.82 Å². The van der Waals surface area contributed by atoms with Gasteiger partial charge in [-0.1, -0.05) is 0 Å². The van der Waals surface area contributed by atoms with Gasteiger partial charge in [-0.15, -0.1) is 0 Å². The molecule has 9 heteroatoms. The maximum absolute atomic E-state index is 13.0. The van der Waals surface area contributed by atoms with E-state index < -0.39 is 27.9 Å². The fourth-order valence-electron chi connectivity index (χ4n) is 1.68. The second kappa shape index (κ2) is 5.19. The largest absolute Gasteiger partial charge is 0.479 e. The molecule has 1 saturated heterocycles. The Labute approximate surface area is 108 Å². The number of aliphatic carboxylic acids is 1. The monoisotopic (exact) mass is 290 g/mol. The SMILES string of the molecule is O=C(O)C1CN(S(=O)(=O)c2cncc(F)c2)CCO1. The Morgan fingerprint density at radius 1 is 1.53 bits per heavy atom. The predicted molar refractivity (Wildman–Crippen MR) is 60.3 cm³/mol. The topological polar surface area (TPSA) is 96.8 Å². The van der Waals surface area contributed by atoms with Crippen molar-refractivity contribution in [3.63, 3.8) is 0 Å². The van der Waals surface area contributed by atoms with Crippen molar-refractivity contribution >= 4 is 16.0 Å². The molecule has 1 aromatic heterocycles. The number of nitrogens with zero attached hydrogens (tertiary/aromatic N) is 2. The van der Waals surface area contributed by atoms with Crippen LogP contribution in [-0.2, 0) is 19.6 Å². The number of carbonyl (C=O) groups is 1. The van der Waals surface area contributed by atoms with Crippen LogP contribution in [0.25, 0.3) is 0 Å². The van der Waals surface area contributed by atoms with E-state index in [9.17, 15) is 17.6 Å². The minimum absolute atomic E-state index is 0.0165. The molecule has 1 aromatic rings. The quantitative estimate of drug-likeness (QED) is 0.820. The summed E-state index contributed by atoms with van der Waals surface area (Å²) in [5.74, 6) is -2.01. The first-order valence-electron chi connectivity index (χ1n) is 5.36. The lowest BCUT2D eigenvalue weighted by Crippen LogP contribution is -2.48. The fourth-order valence-corrected chi connectivity index (χ4v) is 3.08. The number of sulfonamides is 1. The van der Waals surface area contributed by atoms with Gasteiger partial charge in [0.1, 0.15) is 10.7 Å². The second-order valence-electron chi connectivity index (χ2n) is 3.90. The minimum atomic E-state index is -3.96. The number of pyridine rings is 1. The third-order valence-electron chi connectivity index (χ3n) is 2.62. The Balaban J connectivity index is 2.27. The number of aromatic nitrogens is 1. The molecule has 0 saturated carbocycles. The summed E-state index contributed by atoms with van der Waals surface area (Å²) in [5, 5.41) is 8.82. The summed E-state index contributed by atoms with van der Waals surface area (Å²) in [6.45, 7) is -0.324. The van der Waals surface area contributed by atoms with Crippen LogP contribution in [0.15, 0.2) is 23.4 Å². The van der Waals surface area contributed by atoms with Gasteiger partial charge < -0.3 is 9.84 Å². The highest BCUT2D eigenvalue weighted by Gasteiger charge is 2.34. The summed E-state index contributed by atoms with van der Waals surface area (Å²) in [7, 11) is -3.96. The molecule has 104 valence electrons. The van der Waals surface area contributed by atoms with E-state index in [1.165, 1.54) is 0 Å². The van der Waals surface area contributed by atoms with Crippen LogP contribution in [0.1, 0.15) is 0 Å². The number of rotatable bonds is 3. The lowest BCUT2D eigenvalue weighted by molar-refractivity contribution is -0.153. The summed E-state index contributed by atoms with van der Waals surface area (Å²) in [6, 6.07) is 0.841. The highest BCUT2D eigenvalue weighted by Crippen LogP contribution is 2.18. The molecule has 2 heterocycles. The average molecular weight is 290 g/mol. The molecule has 0 bridgehead atoms. The molecule has 1 fully saturated rings. The van der Waals surface area contributed by atoms with Crippen LogP contribution in [-0.4, -0.2) is 54.6 Å². The van der Waals surface area contributed by atoms with E-state index in [1.54, 1.807) is 0 Å². The van der Waals surface area contributed by atoms with Gasteiger partial charge in [-0.3, -0.25) is 4.98 Å². The van der Waals surface area contributed by atoms with E-state index in [2.05, 4.69) is 4.98 Å². The molecule has 2 rings (SSSR count). The molecule has 1 N–H and O–H groups in total. The first-order valence-corrected chi connectivity index (χ1v) is 6.80. The van der Waals surface area contributed by atoms with Gasteiger partial charge in [0.25, 0.3) is 0 Å². The standard InChI is InChI=1S/C10H11FN2O5S/c11-7-3-8(5-12-4-7)19(16,17)13-1-2-18-9(6-13)10(14)15/h3-5,9H,1-2,6H2,(H,14,15). The highest BCUT2D eigenvalue weighted by molar-refractivity contribution is 7.89. The van der Waals surface area contributed by atoms with Crippen molar-refractivity contribution < 1.29 is 27.4 Å². The molecule has 0 radical (unpaired) electrons. The zero-order chi connectivity index (χ0) is 14.0. The van der Waals surface area contributed by atoms with Crippen LogP contribution in [0.2, 0.25) is 0 Å². The van der Waals surface area contributed by atoms with E-state index in [-0.39, 0.29) is 24.6 Å². The van der Waals surface area contributed by atoms with Gasteiger partial charge in [-0.25, -0.2) is 17.6 Å². The third-order valence-corrected chi connectivity index (χ3v) is 4.45. The molecular weight excluding hydrogens is 279 g/mol. The van der Waals surface area contributed by atoms with Crippen LogP contribution < -0.4 is 0 Å². The molecule has 1 aliphatic rings. The van der Waals surface area contributed by atoms with Gasteiger partial charge in [0.15, 0.2) is 6.10 Å². The second-order valence-corrected chi connectivity index (χ2v) is 5.84. The molecule has 0 aromatic carbocycles. The molecule has 7 nitrogen and oxygen atoms in total. The molecule has 0 aliphatic carbocycles. The molecule has 1 atom stereocenters. The van der Waals surface area contributed by atoms with E-state index in [4.69, 9.17) is 9.84 Å². The molecule has 1 unspecified atom stereocenters. The number of ether oxygens (including phenoxy) is 1. The zero-order valence-corrected chi connectivity index (χ0v) is 10.5. The maximum atomic E-state index is 13.0. The van der Waals surface area contributed by atoms with Gasteiger partial charge >= 0.3 is 5.97 Å². The third kappa shape index (κ3) is 2.88. The number of hydrogen-bond donors (Lipinski definition) is 1.